The van der Waals surface area contributed by atoms with Crippen LogP contribution in [0, 0.1) is 0 Å². The SMILES string of the molecule is NCC(OCCCO)c1ccc2ccccc2c1. The quantitative estimate of drug-likeness (QED) is 0.767. The van der Waals surface area contributed by atoms with E-state index < -0.39 is 0 Å². The van der Waals surface area contributed by atoms with E-state index in [4.69, 9.17) is 15.6 Å². The van der Waals surface area contributed by atoms with Gasteiger partial charge in [-0.25, -0.2) is 0 Å². The molecule has 2 aromatic rings. The first-order valence-corrected chi connectivity index (χ1v) is 6.26. The van der Waals surface area contributed by atoms with Gasteiger partial charge in [0.1, 0.15) is 0 Å². The Morgan fingerprint density at radius 3 is 2.61 bits per heavy atom. The lowest BCUT2D eigenvalue weighted by molar-refractivity contribution is 0.0489. The molecule has 0 aromatic heterocycles. The molecule has 0 aliphatic carbocycles. The molecule has 3 nitrogen and oxygen atoms in total. The zero-order chi connectivity index (χ0) is 12.8. The van der Waals surface area contributed by atoms with Crippen LogP contribution in [0.4, 0.5) is 0 Å². The molecule has 0 spiro atoms. The van der Waals surface area contributed by atoms with Gasteiger partial charge in [0.2, 0.25) is 0 Å². The lowest BCUT2D eigenvalue weighted by atomic mass is 10.0. The predicted molar refractivity (Wildman–Crippen MR) is 73.4 cm³/mol. The van der Waals surface area contributed by atoms with Crippen molar-refractivity contribution in [3.8, 4) is 0 Å². The number of nitrogens with two attached hydrogens (primary N) is 1. The summed E-state index contributed by atoms with van der Waals surface area (Å²) in [5.74, 6) is 0. The molecule has 0 fully saturated rings. The highest BCUT2D eigenvalue weighted by molar-refractivity contribution is 5.83. The number of rotatable bonds is 6. The maximum atomic E-state index is 8.75. The van der Waals surface area contributed by atoms with Crippen molar-refractivity contribution in [3.05, 3.63) is 48.0 Å². The van der Waals surface area contributed by atoms with Gasteiger partial charge in [0.15, 0.2) is 0 Å². The molecule has 0 saturated heterocycles. The summed E-state index contributed by atoms with van der Waals surface area (Å²) >= 11 is 0. The van der Waals surface area contributed by atoms with E-state index in [1.54, 1.807) is 0 Å². The van der Waals surface area contributed by atoms with Gasteiger partial charge in [0, 0.05) is 19.8 Å². The van der Waals surface area contributed by atoms with Gasteiger partial charge in [0.05, 0.1) is 6.10 Å². The summed E-state index contributed by atoms with van der Waals surface area (Å²) in [6.45, 7) is 1.13. The standard InChI is InChI=1S/C15H19NO2/c16-11-15(18-9-3-8-17)14-7-6-12-4-1-2-5-13(12)10-14/h1-2,4-7,10,15,17H,3,8-9,11,16H2. The third-order valence-electron chi connectivity index (χ3n) is 2.98. The van der Waals surface area contributed by atoms with E-state index in [-0.39, 0.29) is 12.7 Å². The Labute approximate surface area is 107 Å². The van der Waals surface area contributed by atoms with E-state index in [0.29, 0.717) is 19.6 Å². The molecule has 1 atom stereocenters. The van der Waals surface area contributed by atoms with Crippen molar-refractivity contribution < 1.29 is 9.84 Å². The molecule has 0 bridgehead atoms. The topological polar surface area (TPSA) is 55.5 Å². The van der Waals surface area contributed by atoms with Crippen LogP contribution >= 0.6 is 0 Å². The number of benzene rings is 2. The Bertz CT molecular complexity index is 499. The number of aliphatic hydroxyl groups is 1. The summed E-state index contributed by atoms with van der Waals surface area (Å²) in [4.78, 5) is 0. The van der Waals surface area contributed by atoms with Crippen LogP contribution in [0.3, 0.4) is 0 Å². The molecule has 18 heavy (non-hydrogen) atoms. The van der Waals surface area contributed by atoms with Crippen LogP contribution in [-0.2, 0) is 4.74 Å². The highest BCUT2D eigenvalue weighted by Crippen LogP contribution is 2.22. The molecule has 0 heterocycles. The van der Waals surface area contributed by atoms with Crippen molar-refractivity contribution in [3.63, 3.8) is 0 Å². The third kappa shape index (κ3) is 3.07. The fraction of sp³-hybridized carbons (Fsp3) is 0.333. The second-order valence-corrected chi connectivity index (χ2v) is 4.28. The van der Waals surface area contributed by atoms with E-state index in [9.17, 15) is 0 Å². The Morgan fingerprint density at radius 1 is 1.11 bits per heavy atom. The molecule has 0 aliphatic heterocycles. The fourth-order valence-corrected chi connectivity index (χ4v) is 2.00. The Balaban J connectivity index is 2.17. The fourth-order valence-electron chi connectivity index (χ4n) is 2.00. The maximum absolute atomic E-state index is 8.75. The van der Waals surface area contributed by atoms with Crippen LogP contribution in [-0.4, -0.2) is 24.9 Å². The number of hydrogen-bond acceptors (Lipinski definition) is 3. The molecule has 0 saturated carbocycles. The maximum Gasteiger partial charge on any atom is 0.0947 e. The van der Waals surface area contributed by atoms with Gasteiger partial charge in [-0.2, -0.15) is 0 Å². The number of fused-ring (bicyclic) bond motifs is 1. The largest absolute Gasteiger partial charge is 0.396 e. The van der Waals surface area contributed by atoms with Gasteiger partial charge >= 0.3 is 0 Å². The molecule has 2 rings (SSSR count). The third-order valence-corrected chi connectivity index (χ3v) is 2.98. The minimum atomic E-state index is -0.0962. The highest BCUT2D eigenvalue weighted by Gasteiger charge is 2.10. The van der Waals surface area contributed by atoms with Crippen LogP contribution < -0.4 is 5.73 Å². The number of hydrogen-bond donors (Lipinski definition) is 2. The minimum Gasteiger partial charge on any atom is -0.396 e. The summed E-state index contributed by atoms with van der Waals surface area (Å²) in [6.07, 6.45) is 0.547. The van der Waals surface area contributed by atoms with Crippen molar-refractivity contribution in [2.45, 2.75) is 12.5 Å². The minimum absolute atomic E-state index is 0.0962. The molecule has 0 amide bonds. The monoisotopic (exact) mass is 245 g/mol. The van der Waals surface area contributed by atoms with Crippen molar-refractivity contribution in [1.29, 1.82) is 0 Å². The lowest BCUT2D eigenvalue weighted by Crippen LogP contribution is -2.16. The summed E-state index contributed by atoms with van der Waals surface area (Å²) in [5, 5.41) is 11.2. The van der Waals surface area contributed by atoms with E-state index in [0.717, 1.165) is 5.56 Å². The summed E-state index contributed by atoms with van der Waals surface area (Å²) in [5.41, 5.74) is 6.84. The first-order valence-electron chi connectivity index (χ1n) is 6.26. The summed E-state index contributed by atoms with van der Waals surface area (Å²) in [6, 6.07) is 14.5. The normalized spacial score (nSPS) is 12.8. The average Bonchev–Trinajstić information content (AvgIpc) is 2.43. The van der Waals surface area contributed by atoms with Gasteiger partial charge in [-0.15, -0.1) is 0 Å². The molecule has 0 radical (unpaired) electrons. The van der Waals surface area contributed by atoms with Crippen LogP contribution in [0.1, 0.15) is 18.1 Å². The number of aliphatic hydroxyl groups excluding tert-OH is 1. The van der Waals surface area contributed by atoms with Gasteiger partial charge in [-0.1, -0.05) is 36.4 Å². The molecule has 3 heteroatoms. The van der Waals surface area contributed by atoms with Crippen molar-refractivity contribution >= 4 is 10.8 Å². The van der Waals surface area contributed by atoms with Gasteiger partial charge < -0.3 is 15.6 Å². The Kier molecular flexibility index (Phi) is 4.70. The average molecular weight is 245 g/mol. The first kappa shape index (κ1) is 13.0. The zero-order valence-corrected chi connectivity index (χ0v) is 10.4. The second kappa shape index (κ2) is 6.50. The molecule has 3 N–H and O–H groups in total. The second-order valence-electron chi connectivity index (χ2n) is 4.28. The first-order chi connectivity index (χ1) is 8.85. The van der Waals surface area contributed by atoms with E-state index in [1.807, 2.05) is 12.1 Å². The summed E-state index contributed by atoms with van der Waals surface area (Å²) in [7, 11) is 0. The molecule has 2 aromatic carbocycles. The number of ether oxygens (including phenoxy) is 1. The summed E-state index contributed by atoms with van der Waals surface area (Å²) < 4.78 is 5.68. The lowest BCUT2D eigenvalue weighted by Gasteiger charge is -2.16. The molecule has 0 aliphatic rings. The van der Waals surface area contributed by atoms with E-state index in [2.05, 4.69) is 30.3 Å². The van der Waals surface area contributed by atoms with Gasteiger partial charge in [-0.05, 0) is 28.8 Å². The van der Waals surface area contributed by atoms with E-state index in [1.165, 1.54) is 10.8 Å². The molecule has 96 valence electrons. The van der Waals surface area contributed by atoms with Crippen molar-refractivity contribution in [2.75, 3.05) is 19.8 Å². The predicted octanol–water partition coefficient (Wildman–Crippen LogP) is 2.24. The Morgan fingerprint density at radius 2 is 1.89 bits per heavy atom. The van der Waals surface area contributed by atoms with Crippen LogP contribution in [0.5, 0.6) is 0 Å². The molecule has 1 unspecified atom stereocenters. The smallest absolute Gasteiger partial charge is 0.0947 e. The highest BCUT2D eigenvalue weighted by atomic mass is 16.5. The Hall–Kier alpha value is -1.42. The van der Waals surface area contributed by atoms with Crippen LogP contribution in [0.15, 0.2) is 42.5 Å². The molecular formula is C15H19NO2. The van der Waals surface area contributed by atoms with Gasteiger partial charge in [0.25, 0.3) is 0 Å². The van der Waals surface area contributed by atoms with Crippen molar-refractivity contribution in [2.24, 2.45) is 5.73 Å². The van der Waals surface area contributed by atoms with Gasteiger partial charge in [-0.3, -0.25) is 0 Å². The van der Waals surface area contributed by atoms with Crippen LogP contribution in [0.25, 0.3) is 10.8 Å². The molecular weight excluding hydrogens is 226 g/mol. The van der Waals surface area contributed by atoms with Crippen molar-refractivity contribution in [1.82, 2.24) is 0 Å². The van der Waals surface area contributed by atoms with Crippen LogP contribution in [0.2, 0.25) is 0 Å². The van der Waals surface area contributed by atoms with E-state index >= 15 is 0 Å². The zero-order valence-electron chi connectivity index (χ0n) is 10.4.